The Bertz CT molecular complexity index is 586. The lowest BCUT2D eigenvalue weighted by molar-refractivity contribution is -0.121. The van der Waals surface area contributed by atoms with Crippen molar-refractivity contribution in [1.82, 2.24) is 5.32 Å². The summed E-state index contributed by atoms with van der Waals surface area (Å²) in [6.45, 7) is 2.34. The molecule has 0 heterocycles. The minimum atomic E-state index is -0.310. The van der Waals surface area contributed by atoms with Crippen LogP contribution in [0.15, 0.2) is 54.6 Å². The molecule has 21 heavy (non-hydrogen) atoms. The first-order chi connectivity index (χ1) is 10.2. The number of amides is 1. The number of anilines is 1. The van der Waals surface area contributed by atoms with Crippen LogP contribution in [0.4, 0.5) is 10.1 Å². The number of rotatable bonds is 6. The third kappa shape index (κ3) is 4.60. The molecule has 0 aliphatic rings. The molecule has 2 N–H and O–H groups in total. The van der Waals surface area contributed by atoms with E-state index in [1.54, 1.807) is 18.2 Å². The molecule has 0 radical (unpaired) electrons. The number of hydrogen-bond donors (Lipinski definition) is 2. The Hall–Kier alpha value is -2.36. The summed E-state index contributed by atoms with van der Waals surface area (Å²) in [6.07, 6.45) is 0.297. The van der Waals surface area contributed by atoms with Crippen molar-refractivity contribution in [2.75, 3.05) is 11.9 Å². The molecule has 2 rings (SSSR count). The highest BCUT2D eigenvalue weighted by atomic mass is 19.1. The van der Waals surface area contributed by atoms with Crippen LogP contribution in [0.5, 0.6) is 0 Å². The maximum atomic E-state index is 13.4. The molecule has 4 heteroatoms. The van der Waals surface area contributed by atoms with Crippen LogP contribution in [0.25, 0.3) is 0 Å². The fourth-order valence-corrected chi connectivity index (χ4v) is 2.05. The summed E-state index contributed by atoms with van der Waals surface area (Å²) in [4.78, 5) is 11.9. The number of halogens is 1. The number of carbonyl (C=O) groups excluding carboxylic acids is 1. The van der Waals surface area contributed by atoms with Crippen molar-refractivity contribution in [2.24, 2.45) is 0 Å². The number of benzene rings is 2. The molecule has 0 fully saturated rings. The molecule has 0 aliphatic carbocycles. The van der Waals surface area contributed by atoms with E-state index in [9.17, 15) is 9.18 Å². The number of nitrogens with one attached hydrogen (secondary N) is 2. The van der Waals surface area contributed by atoms with Crippen LogP contribution >= 0.6 is 0 Å². The van der Waals surface area contributed by atoms with Gasteiger partial charge in [0.25, 0.3) is 0 Å². The summed E-state index contributed by atoms with van der Waals surface area (Å²) >= 11 is 0. The molecule has 3 nitrogen and oxygen atoms in total. The van der Waals surface area contributed by atoms with Crippen LogP contribution in [0.2, 0.25) is 0 Å². The number of carbonyl (C=O) groups is 1. The molecule has 110 valence electrons. The van der Waals surface area contributed by atoms with E-state index in [1.807, 2.05) is 37.3 Å². The van der Waals surface area contributed by atoms with Crippen LogP contribution in [-0.2, 0) is 4.79 Å². The number of para-hydroxylation sites is 1. The lowest BCUT2D eigenvalue weighted by atomic mass is 10.1. The zero-order valence-corrected chi connectivity index (χ0v) is 12.0. The van der Waals surface area contributed by atoms with Crippen molar-refractivity contribution < 1.29 is 9.18 Å². The fourth-order valence-electron chi connectivity index (χ4n) is 2.05. The molecule has 0 aromatic heterocycles. The summed E-state index contributed by atoms with van der Waals surface area (Å²) in [6, 6.07) is 16.2. The zero-order chi connectivity index (χ0) is 15.1. The quantitative estimate of drug-likeness (QED) is 0.853. The highest BCUT2D eigenvalue weighted by molar-refractivity contribution is 5.77. The van der Waals surface area contributed by atoms with Gasteiger partial charge in [-0.1, -0.05) is 42.5 Å². The lowest BCUT2D eigenvalue weighted by Gasteiger charge is -2.14. The van der Waals surface area contributed by atoms with E-state index in [2.05, 4.69) is 10.6 Å². The molecule has 0 saturated carbocycles. The average Bonchev–Trinajstić information content (AvgIpc) is 2.50. The fraction of sp³-hybridized carbons (Fsp3) is 0.235. The Balaban J connectivity index is 1.76. The van der Waals surface area contributed by atoms with Crippen molar-refractivity contribution in [1.29, 1.82) is 0 Å². The van der Waals surface area contributed by atoms with Crippen LogP contribution in [-0.4, -0.2) is 12.5 Å². The van der Waals surface area contributed by atoms with Crippen LogP contribution in [0, 0.1) is 5.82 Å². The summed E-state index contributed by atoms with van der Waals surface area (Å²) in [7, 11) is 0. The second-order valence-electron chi connectivity index (χ2n) is 4.86. The second-order valence-corrected chi connectivity index (χ2v) is 4.86. The normalized spacial score (nSPS) is 11.7. The first-order valence-corrected chi connectivity index (χ1v) is 6.99. The molecule has 0 aliphatic heterocycles. The monoisotopic (exact) mass is 286 g/mol. The van der Waals surface area contributed by atoms with Crippen molar-refractivity contribution in [3.05, 3.63) is 66.0 Å². The largest absolute Gasteiger partial charge is 0.382 e. The molecule has 0 bridgehead atoms. The van der Waals surface area contributed by atoms with Gasteiger partial charge in [0.05, 0.1) is 11.7 Å². The van der Waals surface area contributed by atoms with Crippen LogP contribution in [0.3, 0.4) is 0 Å². The smallest absolute Gasteiger partial charge is 0.222 e. The van der Waals surface area contributed by atoms with Gasteiger partial charge < -0.3 is 10.6 Å². The van der Waals surface area contributed by atoms with E-state index in [1.165, 1.54) is 6.07 Å². The van der Waals surface area contributed by atoms with Gasteiger partial charge in [0.1, 0.15) is 5.82 Å². The minimum absolute atomic E-state index is 0.0350. The first-order valence-electron chi connectivity index (χ1n) is 6.99. The highest BCUT2D eigenvalue weighted by Crippen LogP contribution is 2.13. The Morgan fingerprint density at radius 2 is 1.76 bits per heavy atom. The van der Waals surface area contributed by atoms with Crippen LogP contribution < -0.4 is 10.6 Å². The van der Waals surface area contributed by atoms with Gasteiger partial charge in [0.2, 0.25) is 5.91 Å². The lowest BCUT2D eigenvalue weighted by Crippen LogP contribution is -2.28. The third-order valence-corrected chi connectivity index (χ3v) is 3.22. The molecule has 1 atom stereocenters. The predicted octanol–water partition coefficient (Wildman–Crippen LogP) is 3.51. The van der Waals surface area contributed by atoms with E-state index in [0.29, 0.717) is 18.7 Å². The second kappa shape index (κ2) is 7.43. The van der Waals surface area contributed by atoms with Gasteiger partial charge in [-0.2, -0.15) is 0 Å². The van der Waals surface area contributed by atoms with E-state index in [0.717, 1.165) is 5.56 Å². The Morgan fingerprint density at radius 1 is 1.10 bits per heavy atom. The minimum Gasteiger partial charge on any atom is -0.382 e. The Kier molecular flexibility index (Phi) is 5.32. The molecule has 1 unspecified atom stereocenters. The Morgan fingerprint density at radius 3 is 2.48 bits per heavy atom. The highest BCUT2D eigenvalue weighted by Gasteiger charge is 2.09. The summed E-state index contributed by atoms with van der Waals surface area (Å²) in [5.74, 6) is -0.370. The van der Waals surface area contributed by atoms with Crippen LogP contribution in [0.1, 0.15) is 24.9 Å². The summed E-state index contributed by atoms with van der Waals surface area (Å²) in [5.41, 5.74) is 1.48. The molecule has 0 spiro atoms. The average molecular weight is 286 g/mol. The summed E-state index contributed by atoms with van der Waals surface area (Å²) < 4.78 is 13.4. The summed E-state index contributed by atoms with van der Waals surface area (Å²) in [5, 5.41) is 5.85. The van der Waals surface area contributed by atoms with E-state index in [4.69, 9.17) is 0 Å². The van der Waals surface area contributed by atoms with Crippen molar-refractivity contribution in [3.8, 4) is 0 Å². The van der Waals surface area contributed by atoms with Gasteiger partial charge in [0, 0.05) is 13.0 Å². The molecule has 0 saturated heterocycles. The van der Waals surface area contributed by atoms with E-state index < -0.39 is 0 Å². The molecular formula is C17H19FN2O. The first kappa shape index (κ1) is 15.0. The van der Waals surface area contributed by atoms with Gasteiger partial charge in [0.15, 0.2) is 0 Å². The van der Waals surface area contributed by atoms with Gasteiger partial charge in [-0.05, 0) is 24.6 Å². The van der Waals surface area contributed by atoms with Gasteiger partial charge >= 0.3 is 0 Å². The van der Waals surface area contributed by atoms with Crippen molar-refractivity contribution in [3.63, 3.8) is 0 Å². The molecule has 2 aromatic rings. The predicted molar refractivity (Wildman–Crippen MR) is 82.5 cm³/mol. The topological polar surface area (TPSA) is 41.1 Å². The third-order valence-electron chi connectivity index (χ3n) is 3.22. The molecule has 2 aromatic carbocycles. The standard InChI is InChI=1S/C17H19FN2O/c1-13(14-7-3-2-4-8-14)20-17(21)11-12-19-16-10-6-5-9-15(16)18/h2-10,13,19H,11-12H2,1H3,(H,20,21). The molecular weight excluding hydrogens is 267 g/mol. The van der Waals surface area contributed by atoms with Gasteiger partial charge in [-0.3, -0.25) is 4.79 Å². The number of hydrogen-bond acceptors (Lipinski definition) is 2. The van der Waals surface area contributed by atoms with Gasteiger partial charge in [-0.25, -0.2) is 4.39 Å². The van der Waals surface area contributed by atoms with E-state index in [-0.39, 0.29) is 17.8 Å². The maximum absolute atomic E-state index is 13.4. The zero-order valence-electron chi connectivity index (χ0n) is 12.0. The molecule has 1 amide bonds. The van der Waals surface area contributed by atoms with Gasteiger partial charge in [-0.15, -0.1) is 0 Å². The maximum Gasteiger partial charge on any atom is 0.222 e. The van der Waals surface area contributed by atoms with Crippen molar-refractivity contribution >= 4 is 11.6 Å². The van der Waals surface area contributed by atoms with E-state index >= 15 is 0 Å². The SMILES string of the molecule is CC(NC(=O)CCNc1ccccc1F)c1ccccc1. The van der Waals surface area contributed by atoms with Crippen molar-refractivity contribution in [2.45, 2.75) is 19.4 Å². The Labute approximate surface area is 124 Å².